The third-order valence-corrected chi connectivity index (χ3v) is 6.42. The number of Topliss-reactive ketones (excluding diaryl/α,β-unsaturated/α-hetero) is 1. The van der Waals surface area contributed by atoms with E-state index in [1.54, 1.807) is 6.92 Å². The summed E-state index contributed by atoms with van der Waals surface area (Å²) in [6.45, 7) is 7.12. The number of ketones is 1. The maximum atomic E-state index is 12.9. The normalized spacial score (nSPS) is 49.3. The zero-order valence-corrected chi connectivity index (χ0v) is 16.0. The molecule has 6 heteroatoms. The number of aliphatic hydroxyl groups is 2. The van der Waals surface area contributed by atoms with Gasteiger partial charge in [0.25, 0.3) is 0 Å². The highest BCUT2D eigenvalue weighted by Gasteiger charge is 2.62. The van der Waals surface area contributed by atoms with Crippen molar-refractivity contribution in [2.24, 2.45) is 11.8 Å². The molecule has 2 bridgehead atoms. The molecule has 0 amide bonds. The van der Waals surface area contributed by atoms with E-state index in [1.165, 1.54) is 6.92 Å². The Bertz CT molecular complexity index is 624. The largest absolute Gasteiger partial charge is 0.456 e. The summed E-state index contributed by atoms with van der Waals surface area (Å²) < 4.78 is 11.5. The summed E-state index contributed by atoms with van der Waals surface area (Å²) in [5.41, 5.74) is -1.94. The van der Waals surface area contributed by atoms with Crippen molar-refractivity contribution >= 4 is 11.8 Å². The fourth-order valence-electron chi connectivity index (χ4n) is 4.59. The number of hydrogen-bond donors (Lipinski definition) is 2. The van der Waals surface area contributed by atoms with Gasteiger partial charge in [-0.05, 0) is 52.4 Å². The van der Waals surface area contributed by atoms with Gasteiger partial charge >= 0.3 is 5.97 Å². The van der Waals surface area contributed by atoms with Gasteiger partial charge in [-0.25, -0.2) is 4.79 Å². The van der Waals surface area contributed by atoms with Gasteiger partial charge in [0.2, 0.25) is 0 Å². The van der Waals surface area contributed by atoms with Gasteiger partial charge < -0.3 is 19.7 Å². The minimum Gasteiger partial charge on any atom is -0.456 e. The third kappa shape index (κ3) is 3.23. The molecule has 2 N–H and O–H groups in total. The van der Waals surface area contributed by atoms with E-state index in [0.29, 0.717) is 12.3 Å². The van der Waals surface area contributed by atoms with Crippen molar-refractivity contribution in [2.45, 2.75) is 89.3 Å². The molecule has 0 aromatic carbocycles. The number of carbonyl (C=O) groups is 2. The highest BCUT2D eigenvalue weighted by Crippen LogP contribution is 2.44. The van der Waals surface area contributed by atoms with Crippen LogP contribution in [0.3, 0.4) is 0 Å². The standard InChI is InChI=1S/C20H30O6/c1-11-6-5-7-12(2)14-8-9-19(3,26-14)17(22)16-15(13(21)10-11)20(4,24)18(23)25-16/h6,12,14-17,22,24H,5,7-10H2,1-4H3/b11-6+/t12-,14+,15-,16-,17+,19?,20-/m0/s1. The van der Waals surface area contributed by atoms with E-state index in [9.17, 15) is 19.8 Å². The van der Waals surface area contributed by atoms with Crippen molar-refractivity contribution in [3.05, 3.63) is 11.6 Å². The second-order valence-electron chi connectivity index (χ2n) is 8.70. The number of rotatable bonds is 0. The first-order valence-corrected chi connectivity index (χ1v) is 9.54. The summed E-state index contributed by atoms with van der Waals surface area (Å²) in [6, 6.07) is 0. The van der Waals surface area contributed by atoms with E-state index in [-0.39, 0.29) is 18.3 Å². The van der Waals surface area contributed by atoms with Crippen LogP contribution in [-0.4, -0.2) is 51.5 Å². The Kier molecular flexibility index (Phi) is 5.05. The fraction of sp³-hybridized carbons (Fsp3) is 0.800. The Morgan fingerprint density at radius 2 is 1.92 bits per heavy atom. The third-order valence-electron chi connectivity index (χ3n) is 6.42. The second kappa shape index (κ2) is 6.73. The minimum atomic E-state index is -1.94. The lowest BCUT2D eigenvalue weighted by Gasteiger charge is -2.36. The molecule has 146 valence electrons. The number of carbonyl (C=O) groups excluding carboxylic acids is 2. The molecule has 3 heterocycles. The quantitative estimate of drug-likeness (QED) is 0.502. The molecule has 3 rings (SSSR count). The first kappa shape index (κ1) is 19.5. The zero-order valence-electron chi connectivity index (χ0n) is 16.0. The van der Waals surface area contributed by atoms with Crippen LogP contribution in [0.25, 0.3) is 0 Å². The first-order chi connectivity index (χ1) is 12.1. The van der Waals surface area contributed by atoms with Gasteiger partial charge in [-0.1, -0.05) is 18.6 Å². The summed E-state index contributed by atoms with van der Waals surface area (Å²) >= 11 is 0. The molecule has 0 aliphatic carbocycles. The Hall–Kier alpha value is -1.24. The van der Waals surface area contributed by atoms with Crippen LogP contribution in [0.1, 0.15) is 59.8 Å². The number of fused-ring (bicyclic) bond motifs is 3. The lowest BCUT2D eigenvalue weighted by molar-refractivity contribution is -0.171. The van der Waals surface area contributed by atoms with Gasteiger partial charge in [-0.2, -0.15) is 0 Å². The van der Waals surface area contributed by atoms with Crippen molar-refractivity contribution in [1.82, 2.24) is 0 Å². The van der Waals surface area contributed by atoms with E-state index in [1.807, 2.05) is 13.0 Å². The van der Waals surface area contributed by atoms with Crippen LogP contribution in [0, 0.1) is 11.8 Å². The predicted octanol–water partition coefficient (Wildman–Crippen LogP) is 1.91. The molecule has 3 aliphatic heterocycles. The topological polar surface area (TPSA) is 93.1 Å². The molecule has 2 saturated heterocycles. The van der Waals surface area contributed by atoms with Crippen molar-refractivity contribution in [2.75, 3.05) is 0 Å². The average Bonchev–Trinajstić information content (AvgIpc) is 3.05. The maximum absolute atomic E-state index is 12.9. The second-order valence-corrected chi connectivity index (χ2v) is 8.70. The zero-order chi connectivity index (χ0) is 19.3. The van der Waals surface area contributed by atoms with Crippen LogP contribution in [0.2, 0.25) is 0 Å². The van der Waals surface area contributed by atoms with Crippen molar-refractivity contribution < 1.29 is 29.3 Å². The Morgan fingerprint density at radius 1 is 1.23 bits per heavy atom. The molecule has 0 saturated carbocycles. The smallest absolute Gasteiger partial charge is 0.339 e. The van der Waals surface area contributed by atoms with Crippen molar-refractivity contribution in [3.8, 4) is 0 Å². The van der Waals surface area contributed by atoms with E-state index >= 15 is 0 Å². The predicted molar refractivity (Wildman–Crippen MR) is 94.3 cm³/mol. The number of ether oxygens (including phenoxy) is 2. The number of aliphatic hydroxyl groups excluding tert-OH is 1. The van der Waals surface area contributed by atoms with Gasteiger partial charge in [-0.15, -0.1) is 0 Å². The van der Waals surface area contributed by atoms with Gasteiger partial charge in [0.15, 0.2) is 5.60 Å². The Labute approximate surface area is 154 Å². The summed E-state index contributed by atoms with van der Waals surface area (Å²) in [6.07, 6.45) is 3.16. The first-order valence-electron chi connectivity index (χ1n) is 9.54. The lowest BCUT2D eigenvalue weighted by atomic mass is 9.76. The average molecular weight is 366 g/mol. The summed E-state index contributed by atoms with van der Waals surface area (Å²) in [7, 11) is 0. The molecule has 0 aromatic heterocycles. The molecule has 2 fully saturated rings. The van der Waals surface area contributed by atoms with Crippen LogP contribution in [0.4, 0.5) is 0 Å². The van der Waals surface area contributed by atoms with Gasteiger partial charge in [0.1, 0.15) is 18.0 Å². The highest BCUT2D eigenvalue weighted by atomic mass is 16.6. The van der Waals surface area contributed by atoms with Crippen molar-refractivity contribution in [1.29, 1.82) is 0 Å². The molecule has 26 heavy (non-hydrogen) atoms. The van der Waals surface area contributed by atoms with E-state index in [4.69, 9.17) is 9.47 Å². The van der Waals surface area contributed by atoms with Crippen LogP contribution in [0.15, 0.2) is 11.6 Å². The molecule has 0 radical (unpaired) electrons. The molecular formula is C20H30O6. The van der Waals surface area contributed by atoms with Crippen LogP contribution in [0.5, 0.6) is 0 Å². The summed E-state index contributed by atoms with van der Waals surface area (Å²) in [4.78, 5) is 25.1. The van der Waals surface area contributed by atoms with Gasteiger partial charge in [0, 0.05) is 6.42 Å². The van der Waals surface area contributed by atoms with E-state index < -0.39 is 35.3 Å². The highest BCUT2D eigenvalue weighted by molar-refractivity contribution is 5.94. The number of allylic oxidation sites excluding steroid dienone is 2. The molecule has 6 nitrogen and oxygen atoms in total. The number of hydrogen-bond acceptors (Lipinski definition) is 6. The summed E-state index contributed by atoms with van der Waals surface area (Å²) in [5.74, 6) is -1.93. The molecule has 0 spiro atoms. The van der Waals surface area contributed by atoms with E-state index in [2.05, 4.69) is 6.92 Å². The van der Waals surface area contributed by atoms with Crippen molar-refractivity contribution in [3.63, 3.8) is 0 Å². The fourth-order valence-corrected chi connectivity index (χ4v) is 4.59. The van der Waals surface area contributed by atoms with E-state index in [0.717, 1.165) is 24.8 Å². The van der Waals surface area contributed by atoms with Crippen LogP contribution >= 0.6 is 0 Å². The maximum Gasteiger partial charge on any atom is 0.339 e. The SMILES string of the molecule is C/C1=C\CC[C@H](C)[C@H]2CCC(C)(O2)[C@H](O)[C@H]2OC(=O)[C@@](C)(O)[C@H]2C(=O)C1. The minimum absolute atomic E-state index is 0.0240. The van der Waals surface area contributed by atoms with Crippen LogP contribution < -0.4 is 0 Å². The van der Waals surface area contributed by atoms with Gasteiger partial charge in [-0.3, -0.25) is 4.79 Å². The lowest BCUT2D eigenvalue weighted by Crippen LogP contribution is -2.53. The molecule has 1 unspecified atom stereocenters. The summed E-state index contributed by atoms with van der Waals surface area (Å²) in [5, 5.41) is 21.6. The molecule has 3 aliphatic rings. The number of esters is 1. The monoisotopic (exact) mass is 366 g/mol. The Balaban J connectivity index is 1.99. The molecule has 7 atom stereocenters. The Morgan fingerprint density at radius 3 is 2.62 bits per heavy atom. The molecular weight excluding hydrogens is 336 g/mol. The van der Waals surface area contributed by atoms with Gasteiger partial charge in [0.05, 0.1) is 17.6 Å². The molecule has 0 aromatic rings. The van der Waals surface area contributed by atoms with Crippen LogP contribution in [-0.2, 0) is 19.1 Å².